The fourth-order valence-corrected chi connectivity index (χ4v) is 3.49. The molecule has 1 aromatic carbocycles. The number of carbonyl (C=O) groups is 2. The molecule has 0 spiro atoms. The molecule has 1 aliphatic rings. The Kier molecular flexibility index (Phi) is 5.55. The maximum absolute atomic E-state index is 12.3. The van der Waals surface area contributed by atoms with Crippen LogP contribution in [0, 0.1) is 0 Å². The lowest BCUT2D eigenvalue weighted by atomic mass is 10.2. The summed E-state index contributed by atoms with van der Waals surface area (Å²) in [5.74, 6) is 0.589. The van der Waals surface area contributed by atoms with E-state index in [4.69, 9.17) is 4.74 Å². The summed E-state index contributed by atoms with van der Waals surface area (Å²) < 4.78 is 5.40. The van der Waals surface area contributed by atoms with Gasteiger partial charge >= 0.3 is 0 Å². The van der Waals surface area contributed by atoms with Crippen LogP contribution in [0.4, 0.5) is 5.69 Å². The number of ether oxygens (including phenoxy) is 1. The molecule has 3 rings (SSSR count). The first-order valence-electron chi connectivity index (χ1n) is 8.16. The minimum Gasteiger partial charge on any atom is -0.495 e. The van der Waals surface area contributed by atoms with Crippen molar-refractivity contribution in [3.63, 3.8) is 0 Å². The molecular formula is C18H21N3O3S. The summed E-state index contributed by atoms with van der Waals surface area (Å²) >= 11 is 1.36. The van der Waals surface area contributed by atoms with E-state index in [1.165, 1.54) is 11.3 Å². The fraction of sp³-hybridized carbons (Fsp3) is 0.333. The molecule has 2 heterocycles. The van der Waals surface area contributed by atoms with E-state index in [2.05, 4.69) is 10.2 Å². The molecule has 0 unspecified atom stereocenters. The number of rotatable bonds is 5. The van der Waals surface area contributed by atoms with Crippen molar-refractivity contribution in [1.82, 2.24) is 10.2 Å². The number of piperazine rings is 1. The summed E-state index contributed by atoms with van der Waals surface area (Å²) in [7, 11) is 1.66. The van der Waals surface area contributed by atoms with Crippen molar-refractivity contribution in [3.05, 3.63) is 46.7 Å². The third-order valence-corrected chi connectivity index (χ3v) is 5.07. The first-order chi connectivity index (χ1) is 12.2. The molecule has 0 radical (unpaired) electrons. The predicted molar refractivity (Wildman–Crippen MR) is 98.4 cm³/mol. The molecule has 1 N–H and O–H groups in total. The van der Waals surface area contributed by atoms with Gasteiger partial charge in [-0.3, -0.25) is 9.59 Å². The molecule has 1 aliphatic heterocycles. The van der Waals surface area contributed by atoms with Gasteiger partial charge < -0.3 is 19.9 Å². The zero-order chi connectivity index (χ0) is 17.6. The molecule has 0 saturated carbocycles. The smallest absolute Gasteiger partial charge is 0.261 e. The molecule has 2 aromatic rings. The molecule has 0 atom stereocenters. The van der Waals surface area contributed by atoms with Crippen LogP contribution in [0.5, 0.6) is 5.75 Å². The van der Waals surface area contributed by atoms with Gasteiger partial charge in [-0.2, -0.15) is 0 Å². The van der Waals surface area contributed by atoms with E-state index in [1.807, 2.05) is 35.7 Å². The van der Waals surface area contributed by atoms with Crippen LogP contribution >= 0.6 is 11.3 Å². The molecule has 1 aromatic heterocycles. The van der Waals surface area contributed by atoms with Crippen molar-refractivity contribution in [3.8, 4) is 5.75 Å². The highest BCUT2D eigenvalue weighted by molar-refractivity contribution is 7.12. The van der Waals surface area contributed by atoms with Gasteiger partial charge in [-0.15, -0.1) is 11.3 Å². The molecule has 0 bridgehead atoms. The highest BCUT2D eigenvalue weighted by Crippen LogP contribution is 2.28. The Labute approximate surface area is 151 Å². The minimum atomic E-state index is -0.198. The lowest BCUT2D eigenvalue weighted by Gasteiger charge is -2.36. The average molecular weight is 359 g/mol. The van der Waals surface area contributed by atoms with Crippen LogP contribution in [0.15, 0.2) is 41.8 Å². The van der Waals surface area contributed by atoms with Gasteiger partial charge in [0.2, 0.25) is 5.91 Å². The number of methoxy groups -OCH3 is 1. The van der Waals surface area contributed by atoms with Gasteiger partial charge in [-0.25, -0.2) is 0 Å². The largest absolute Gasteiger partial charge is 0.495 e. The van der Waals surface area contributed by atoms with Crippen molar-refractivity contribution in [2.45, 2.75) is 0 Å². The van der Waals surface area contributed by atoms with Crippen molar-refractivity contribution in [2.24, 2.45) is 0 Å². The molecule has 132 valence electrons. The summed E-state index contributed by atoms with van der Waals surface area (Å²) in [6, 6.07) is 11.5. The molecule has 1 fully saturated rings. The zero-order valence-corrected chi connectivity index (χ0v) is 14.9. The molecular weight excluding hydrogens is 338 g/mol. The number of benzene rings is 1. The Morgan fingerprint density at radius 1 is 1.12 bits per heavy atom. The number of amides is 2. The number of hydrogen-bond donors (Lipinski definition) is 1. The second-order valence-corrected chi connectivity index (χ2v) is 6.65. The Morgan fingerprint density at radius 2 is 1.88 bits per heavy atom. The Bertz CT molecular complexity index is 725. The number of nitrogens with one attached hydrogen (secondary N) is 1. The van der Waals surface area contributed by atoms with Gasteiger partial charge in [0.1, 0.15) is 5.75 Å². The van der Waals surface area contributed by atoms with Gasteiger partial charge in [0.05, 0.1) is 24.2 Å². The Morgan fingerprint density at radius 3 is 2.56 bits per heavy atom. The van der Waals surface area contributed by atoms with Crippen molar-refractivity contribution < 1.29 is 14.3 Å². The van der Waals surface area contributed by atoms with Crippen LogP contribution in [0.25, 0.3) is 0 Å². The van der Waals surface area contributed by atoms with Gasteiger partial charge in [0.15, 0.2) is 0 Å². The number of carbonyl (C=O) groups excluding carboxylic acids is 2. The van der Waals surface area contributed by atoms with E-state index < -0.39 is 0 Å². The SMILES string of the molecule is COc1ccccc1N1CCN(C(=O)CNC(=O)c2cccs2)CC1. The normalized spacial score (nSPS) is 14.3. The highest BCUT2D eigenvalue weighted by atomic mass is 32.1. The van der Waals surface area contributed by atoms with Crippen LogP contribution in [-0.2, 0) is 4.79 Å². The number of nitrogens with zero attached hydrogens (tertiary/aromatic N) is 2. The summed E-state index contributed by atoms with van der Waals surface area (Å²) in [4.78, 5) is 28.8. The monoisotopic (exact) mass is 359 g/mol. The number of para-hydroxylation sites is 2. The van der Waals surface area contributed by atoms with Crippen LogP contribution in [0.2, 0.25) is 0 Å². The van der Waals surface area contributed by atoms with Gasteiger partial charge in [-0.05, 0) is 23.6 Å². The predicted octanol–water partition coefficient (Wildman–Crippen LogP) is 1.84. The van der Waals surface area contributed by atoms with Crippen LogP contribution in [-0.4, -0.2) is 56.5 Å². The second kappa shape index (κ2) is 8.02. The van der Waals surface area contributed by atoms with E-state index >= 15 is 0 Å². The van der Waals surface area contributed by atoms with Crippen molar-refractivity contribution in [2.75, 3.05) is 44.7 Å². The van der Waals surface area contributed by atoms with Gasteiger partial charge in [0, 0.05) is 26.2 Å². The van der Waals surface area contributed by atoms with Crippen LogP contribution < -0.4 is 15.0 Å². The minimum absolute atomic E-state index is 0.0331. The van der Waals surface area contributed by atoms with Gasteiger partial charge in [-0.1, -0.05) is 18.2 Å². The zero-order valence-electron chi connectivity index (χ0n) is 14.1. The maximum Gasteiger partial charge on any atom is 0.261 e. The summed E-state index contributed by atoms with van der Waals surface area (Å²) in [6.07, 6.45) is 0. The van der Waals surface area contributed by atoms with Crippen LogP contribution in [0.3, 0.4) is 0 Å². The van der Waals surface area contributed by atoms with E-state index in [9.17, 15) is 9.59 Å². The standard InChI is InChI=1S/C18H21N3O3S/c1-24-15-6-3-2-5-14(15)20-8-10-21(11-9-20)17(22)13-19-18(23)16-7-4-12-25-16/h2-7,12H,8-11,13H2,1H3,(H,19,23). The number of anilines is 1. The van der Waals surface area contributed by atoms with E-state index in [-0.39, 0.29) is 18.4 Å². The third kappa shape index (κ3) is 4.11. The highest BCUT2D eigenvalue weighted by Gasteiger charge is 2.23. The second-order valence-electron chi connectivity index (χ2n) is 5.70. The van der Waals surface area contributed by atoms with Crippen LogP contribution in [0.1, 0.15) is 9.67 Å². The van der Waals surface area contributed by atoms with E-state index in [1.54, 1.807) is 18.1 Å². The lowest BCUT2D eigenvalue weighted by Crippen LogP contribution is -2.51. The van der Waals surface area contributed by atoms with Gasteiger partial charge in [0.25, 0.3) is 5.91 Å². The van der Waals surface area contributed by atoms with Crippen molar-refractivity contribution in [1.29, 1.82) is 0 Å². The molecule has 7 heteroatoms. The first-order valence-corrected chi connectivity index (χ1v) is 9.04. The topological polar surface area (TPSA) is 61.9 Å². The van der Waals surface area contributed by atoms with Crippen molar-refractivity contribution >= 4 is 28.8 Å². The molecule has 0 aliphatic carbocycles. The third-order valence-electron chi connectivity index (χ3n) is 4.20. The Hall–Kier alpha value is -2.54. The summed E-state index contributed by atoms with van der Waals surface area (Å²) in [6.45, 7) is 2.78. The number of thiophene rings is 1. The quantitative estimate of drug-likeness (QED) is 0.885. The lowest BCUT2D eigenvalue weighted by molar-refractivity contribution is -0.130. The first kappa shape index (κ1) is 17.3. The fourth-order valence-electron chi connectivity index (χ4n) is 2.85. The van der Waals surface area contributed by atoms with E-state index in [0.717, 1.165) is 24.5 Å². The maximum atomic E-state index is 12.3. The number of hydrogen-bond acceptors (Lipinski definition) is 5. The molecule has 25 heavy (non-hydrogen) atoms. The molecule has 2 amide bonds. The summed E-state index contributed by atoms with van der Waals surface area (Å²) in [5, 5.41) is 4.53. The van der Waals surface area contributed by atoms with E-state index in [0.29, 0.717) is 18.0 Å². The average Bonchev–Trinajstić information content (AvgIpc) is 3.21. The summed E-state index contributed by atoms with van der Waals surface area (Å²) in [5.41, 5.74) is 1.04. The molecule has 6 nitrogen and oxygen atoms in total. The molecule has 1 saturated heterocycles. The Balaban J connectivity index is 1.50.